The molecule has 1 aliphatic rings. The highest BCUT2D eigenvalue weighted by Gasteiger charge is 2.24. The van der Waals surface area contributed by atoms with Gasteiger partial charge in [-0.25, -0.2) is 13.2 Å². The third-order valence-corrected chi connectivity index (χ3v) is 7.20. The van der Waals surface area contributed by atoms with E-state index >= 15 is 0 Å². The van der Waals surface area contributed by atoms with Crippen LogP contribution in [0.5, 0.6) is 5.75 Å². The van der Waals surface area contributed by atoms with E-state index < -0.39 is 16.0 Å². The van der Waals surface area contributed by atoms with E-state index in [1.807, 2.05) is 42.2 Å². The first-order chi connectivity index (χ1) is 16.3. The van der Waals surface area contributed by atoms with Gasteiger partial charge in [-0.1, -0.05) is 24.3 Å². The second-order valence-electron chi connectivity index (χ2n) is 8.11. The van der Waals surface area contributed by atoms with Gasteiger partial charge in [-0.15, -0.1) is 0 Å². The number of methoxy groups -OCH3 is 1. The molecule has 8 nitrogen and oxygen atoms in total. The number of aryl methyl sites for hydroxylation is 1. The Morgan fingerprint density at radius 1 is 0.912 bits per heavy atom. The largest absolute Gasteiger partial charge is 0.495 e. The van der Waals surface area contributed by atoms with Gasteiger partial charge in [-0.2, -0.15) is 0 Å². The summed E-state index contributed by atoms with van der Waals surface area (Å²) in [7, 11) is -2.19. The van der Waals surface area contributed by atoms with Gasteiger partial charge >= 0.3 is 5.97 Å². The molecule has 0 aliphatic carbocycles. The van der Waals surface area contributed by atoms with Crippen molar-refractivity contribution in [3.8, 4) is 5.75 Å². The summed E-state index contributed by atoms with van der Waals surface area (Å²) in [6.07, 6.45) is 0. The van der Waals surface area contributed by atoms with Crippen molar-refractivity contribution >= 4 is 33.1 Å². The Morgan fingerprint density at radius 3 is 2.24 bits per heavy atom. The summed E-state index contributed by atoms with van der Waals surface area (Å²) in [5, 5.41) is 9.84. The third-order valence-electron chi connectivity index (χ3n) is 5.83. The SMILES string of the molecule is COc1ccccc1N1CCN(c2ccc(NS(=O)(=O)c3cccc(C)c3)cc2C(=O)O)CC1. The van der Waals surface area contributed by atoms with Crippen LogP contribution in [0.2, 0.25) is 0 Å². The standard InChI is InChI=1S/C25H27N3O5S/c1-18-6-5-7-20(16-18)34(31,32)26-19-10-11-22(21(17-19)25(29)30)27-12-14-28(15-13-27)23-8-3-4-9-24(23)33-2/h3-11,16-17,26H,12-15H2,1-2H3,(H,29,30). The fraction of sp³-hybridized carbons (Fsp3) is 0.240. The summed E-state index contributed by atoms with van der Waals surface area (Å²) in [5.41, 5.74) is 2.64. The number of hydrogen-bond acceptors (Lipinski definition) is 6. The maximum Gasteiger partial charge on any atom is 0.337 e. The number of benzene rings is 3. The minimum Gasteiger partial charge on any atom is -0.495 e. The topological polar surface area (TPSA) is 99.2 Å². The molecule has 0 radical (unpaired) electrons. The van der Waals surface area contributed by atoms with Crippen molar-refractivity contribution < 1.29 is 23.1 Å². The van der Waals surface area contributed by atoms with Crippen molar-refractivity contribution in [1.82, 2.24) is 0 Å². The van der Waals surface area contributed by atoms with Crippen LogP contribution in [0.25, 0.3) is 0 Å². The number of sulfonamides is 1. The number of hydrogen-bond donors (Lipinski definition) is 2. The van der Waals surface area contributed by atoms with E-state index in [1.54, 1.807) is 31.4 Å². The highest BCUT2D eigenvalue weighted by atomic mass is 32.2. The maximum absolute atomic E-state index is 12.8. The van der Waals surface area contributed by atoms with Crippen molar-refractivity contribution in [3.63, 3.8) is 0 Å². The number of carboxylic acid groups (broad SMARTS) is 1. The molecule has 1 aliphatic heterocycles. The van der Waals surface area contributed by atoms with Crippen molar-refractivity contribution in [2.24, 2.45) is 0 Å². The van der Waals surface area contributed by atoms with Crippen molar-refractivity contribution in [2.75, 3.05) is 47.8 Å². The molecule has 0 spiro atoms. The van der Waals surface area contributed by atoms with Crippen molar-refractivity contribution in [3.05, 3.63) is 77.9 Å². The highest BCUT2D eigenvalue weighted by molar-refractivity contribution is 7.92. The van der Waals surface area contributed by atoms with Gasteiger partial charge in [0.2, 0.25) is 0 Å². The quantitative estimate of drug-likeness (QED) is 0.529. The molecule has 178 valence electrons. The van der Waals surface area contributed by atoms with Crippen LogP contribution in [0.3, 0.4) is 0 Å². The van der Waals surface area contributed by atoms with E-state index in [0.717, 1.165) is 17.0 Å². The molecule has 1 heterocycles. The maximum atomic E-state index is 12.8. The molecular weight excluding hydrogens is 454 g/mol. The van der Waals surface area contributed by atoms with E-state index in [4.69, 9.17) is 4.74 Å². The zero-order valence-electron chi connectivity index (χ0n) is 19.1. The molecule has 3 aromatic carbocycles. The van der Waals surface area contributed by atoms with Crippen LogP contribution < -0.4 is 19.3 Å². The fourth-order valence-corrected chi connectivity index (χ4v) is 5.28. The minimum absolute atomic E-state index is 0.0511. The average molecular weight is 482 g/mol. The van der Waals surface area contributed by atoms with Crippen LogP contribution in [0, 0.1) is 6.92 Å². The van der Waals surface area contributed by atoms with Gasteiger partial charge in [0, 0.05) is 31.9 Å². The Labute approximate surface area is 199 Å². The minimum atomic E-state index is -3.84. The lowest BCUT2D eigenvalue weighted by Gasteiger charge is -2.38. The molecule has 4 rings (SSSR count). The van der Waals surface area contributed by atoms with Gasteiger partial charge in [0.05, 0.1) is 28.9 Å². The van der Waals surface area contributed by atoms with Crippen molar-refractivity contribution in [1.29, 1.82) is 0 Å². The Morgan fingerprint density at radius 2 is 1.59 bits per heavy atom. The predicted molar refractivity (Wildman–Crippen MR) is 133 cm³/mol. The van der Waals surface area contributed by atoms with Gasteiger partial charge in [-0.05, 0) is 55.0 Å². The van der Waals surface area contributed by atoms with E-state index in [2.05, 4.69) is 9.62 Å². The molecule has 2 N–H and O–H groups in total. The lowest BCUT2D eigenvalue weighted by Crippen LogP contribution is -2.47. The zero-order valence-corrected chi connectivity index (χ0v) is 19.9. The number of para-hydroxylation sites is 2. The predicted octanol–water partition coefficient (Wildman–Crippen LogP) is 3.83. The normalized spacial score (nSPS) is 14.1. The van der Waals surface area contributed by atoms with Crippen LogP contribution >= 0.6 is 0 Å². The number of rotatable bonds is 7. The zero-order chi connectivity index (χ0) is 24.3. The van der Waals surface area contributed by atoms with E-state index in [9.17, 15) is 18.3 Å². The van der Waals surface area contributed by atoms with Crippen LogP contribution in [0.1, 0.15) is 15.9 Å². The van der Waals surface area contributed by atoms with Crippen LogP contribution in [0.4, 0.5) is 17.1 Å². The summed E-state index contributed by atoms with van der Waals surface area (Å²) in [5.74, 6) is -0.314. The molecule has 1 fully saturated rings. The smallest absolute Gasteiger partial charge is 0.337 e. The Kier molecular flexibility index (Phi) is 6.65. The summed E-state index contributed by atoms with van der Waals surface area (Å²) in [6.45, 7) is 4.44. The summed E-state index contributed by atoms with van der Waals surface area (Å²) in [4.78, 5) is 16.4. The molecule has 9 heteroatoms. The first-order valence-electron chi connectivity index (χ1n) is 10.9. The molecule has 0 atom stereocenters. The Hall–Kier alpha value is -3.72. The van der Waals surface area contributed by atoms with Gasteiger partial charge in [0.15, 0.2) is 0 Å². The van der Waals surface area contributed by atoms with Crippen molar-refractivity contribution in [2.45, 2.75) is 11.8 Å². The Bertz CT molecular complexity index is 1300. The molecular formula is C25H27N3O5S. The lowest BCUT2D eigenvalue weighted by molar-refractivity contribution is 0.0697. The van der Waals surface area contributed by atoms with Crippen LogP contribution in [0.15, 0.2) is 71.6 Å². The van der Waals surface area contributed by atoms with E-state index in [-0.39, 0.29) is 16.1 Å². The number of anilines is 3. The van der Waals surface area contributed by atoms with Gasteiger partial charge in [-0.3, -0.25) is 4.72 Å². The first kappa shape index (κ1) is 23.4. The summed E-state index contributed by atoms with van der Waals surface area (Å²) >= 11 is 0. The molecule has 0 unspecified atom stereocenters. The van der Waals surface area contributed by atoms with E-state index in [0.29, 0.717) is 31.9 Å². The number of ether oxygens (including phenoxy) is 1. The Balaban J connectivity index is 1.53. The molecule has 0 saturated carbocycles. The lowest BCUT2D eigenvalue weighted by atomic mass is 10.1. The molecule has 3 aromatic rings. The van der Waals surface area contributed by atoms with Crippen LogP contribution in [-0.4, -0.2) is 52.8 Å². The number of nitrogens with zero attached hydrogens (tertiary/aromatic N) is 2. The first-order valence-corrected chi connectivity index (χ1v) is 12.4. The highest BCUT2D eigenvalue weighted by Crippen LogP contribution is 2.31. The number of carbonyl (C=O) groups is 1. The molecule has 0 amide bonds. The second kappa shape index (κ2) is 9.64. The molecule has 0 aromatic heterocycles. The van der Waals surface area contributed by atoms with E-state index in [1.165, 1.54) is 12.1 Å². The number of piperazine rings is 1. The third kappa shape index (κ3) is 4.94. The fourth-order valence-electron chi connectivity index (χ4n) is 4.12. The molecule has 1 saturated heterocycles. The molecule has 0 bridgehead atoms. The van der Waals surface area contributed by atoms with Gasteiger partial charge in [0.1, 0.15) is 5.75 Å². The summed E-state index contributed by atoms with van der Waals surface area (Å²) in [6, 6.07) is 19.0. The summed E-state index contributed by atoms with van der Waals surface area (Å²) < 4.78 is 33.5. The van der Waals surface area contributed by atoms with Gasteiger partial charge < -0.3 is 19.6 Å². The average Bonchev–Trinajstić information content (AvgIpc) is 2.84. The monoisotopic (exact) mass is 481 g/mol. The van der Waals surface area contributed by atoms with Gasteiger partial charge in [0.25, 0.3) is 10.0 Å². The molecule has 34 heavy (non-hydrogen) atoms. The number of aromatic carboxylic acids is 1. The van der Waals surface area contributed by atoms with Crippen LogP contribution in [-0.2, 0) is 10.0 Å². The number of carboxylic acids is 1. The number of nitrogens with one attached hydrogen (secondary N) is 1. The second-order valence-corrected chi connectivity index (χ2v) is 9.79.